The fourth-order valence-electron chi connectivity index (χ4n) is 1.62. The number of hydrogen-bond acceptors (Lipinski definition) is 3. The fourth-order valence-corrected chi connectivity index (χ4v) is 1.62. The summed E-state index contributed by atoms with van der Waals surface area (Å²) in [5.41, 5.74) is -0.187. The van der Waals surface area contributed by atoms with E-state index in [2.05, 4.69) is 5.32 Å². The van der Waals surface area contributed by atoms with Crippen molar-refractivity contribution in [2.24, 2.45) is 0 Å². The molecule has 0 aromatic rings. The second-order valence-corrected chi connectivity index (χ2v) is 4.28. The van der Waals surface area contributed by atoms with Crippen molar-refractivity contribution in [3.05, 3.63) is 0 Å². The van der Waals surface area contributed by atoms with Crippen LogP contribution in [-0.2, 0) is 9.53 Å². The lowest BCUT2D eigenvalue weighted by Gasteiger charge is -2.38. The van der Waals surface area contributed by atoms with Crippen molar-refractivity contribution in [3.8, 4) is 0 Å². The Morgan fingerprint density at radius 2 is 2.29 bits per heavy atom. The van der Waals surface area contributed by atoms with Gasteiger partial charge in [0.15, 0.2) is 0 Å². The molecule has 1 amide bonds. The molecule has 0 saturated carbocycles. The van der Waals surface area contributed by atoms with E-state index in [1.54, 1.807) is 0 Å². The summed E-state index contributed by atoms with van der Waals surface area (Å²) in [6, 6.07) is 0. The van der Waals surface area contributed by atoms with Gasteiger partial charge in [-0.25, -0.2) is 0 Å². The summed E-state index contributed by atoms with van der Waals surface area (Å²) < 4.78 is 5.54. The highest BCUT2D eigenvalue weighted by Crippen LogP contribution is 2.16. The van der Waals surface area contributed by atoms with E-state index in [1.165, 1.54) is 0 Å². The van der Waals surface area contributed by atoms with Crippen molar-refractivity contribution in [1.82, 2.24) is 10.2 Å². The standard InChI is InChI=1S/C10H20N2O2/c1-10(2)8-12(6-7-14-10)9(13)4-5-11-3/h11H,4-8H2,1-3H3. The Bertz CT molecular complexity index is 204. The summed E-state index contributed by atoms with van der Waals surface area (Å²) in [5, 5.41) is 2.98. The molecule has 4 heteroatoms. The van der Waals surface area contributed by atoms with Gasteiger partial charge in [0.05, 0.1) is 12.2 Å². The summed E-state index contributed by atoms with van der Waals surface area (Å²) in [4.78, 5) is 13.6. The lowest BCUT2D eigenvalue weighted by atomic mass is 10.1. The number of carbonyl (C=O) groups excluding carboxylic acids is 1. The average Bonchev–Trinajstić information content (AvgIpc) is 2.12. The summed E-state index contributed by atoms with van der Waals surface area (Å²) in [6.07, 6.45) is 0.576. The largest absolute Gasteiger partial charge is 0.372 e. The maximum absolute atomic E-state index is 11.7. The highest BCUT2D eigenvalue weighted by molar-refractivity contribution is 5.76. The van der Waals surface area contributed by atoms with E-state index in [0.717, 1.165) is 13.1 Å². The lowest BCUT2D eigenvalue weighted by Crippen LogP contribution is -2.50. The molecular weight excluding hydrogens is 180 g/mol. The molecule has 1 fully saturated rings. The first-order chi connectivity index (χ1) is 6.55. The Hall–Kier alpha value is -0.610. The Morgan fingerprint density at radius 3 is 2.86 bits per heavy atom. The van der Waals surface area contributed by atoms with Gasteiger partial charge in [0.1, 0.15) is 0 Å². The van der Waals surface area contributed by atoms with Crippen LogP contribution in [-0.4, -0.2) is 49.7 Å². The highest BCUT2D eigenvalue weighted by Gasteiger charge is 2.29. The van der Waals surface area contributed by atoms with Gasteiger partial charge in [-0.1, -0.05) is 0 Å². The molecule has 0 aromatic carbocycles. The number of morpholine rings is 1. The minimum absolute atomic E-state index is 0.187. The number of amides is 1. The van der Waals surface area contributed by atoms with Gasteiger partial charge in [0.2, 0.25) is 5.91 Å². The van der Waals surface area contributed by atoms with Crippen molar-refractivity contribution in [1.29, 1.82) is 0 Å². The Morgan fingerprint density at radius 1 is 1.57 bits per heavy atom. The van der Waals surface area contributed by atoms with Crippen LogP contribution in [0.3, 0.4) is 0 Å². The molecular formula is C10H20N2O2. The van der Waals surface area contributed by atoms with Crippen molar-refractivity contribution in [2.75, 3.05) is 33.3 Å². The third-order valence-corrected chi connectivity index (χ3v) is 2.37. The fraction of sp³-hybridized carbons (Fsp3) is 0.900. The number of ether oxygens (including phenoxy) is 1. The smallest absolute Gasteiger partial charge is 0.224 e. The number of nitrogens with one attached hydrogen (secondary N) is 1. The molecule has 0 unspecified atom stereocenters. The minimum Gasteiger partial charge on any atom is -0.372 e. The van der Waals surface area contributed by atoms with Crippen LogP contribution in [0.2, 0.25) is 0 Å². The summed E-state index contributed by atoms with van der Waals surface area (Å²) in [7, 11) is 1.86. The van der Waals surface area contributed by atoms with Crippen LogP contribution >= 0.6 is 0 Å². The predicted molar refractivity (Wildman–Crippen MR) is 55.2 cm³/mol. The molecule has 0 aromatic heterocycles. The molecule has 1 saturated heterocycles. The molecule has 0 bridgehead atoms. The maximum Gasteiger partial charge on any atom is 0.224 e. The van der Waals surface area contributed by atoms with Gasteiger partial charge in [-0.3, -0.25) is 4.79 Å². The molecule has 1 rings (SSSR count). The molecule has 0 aliphatic carbocycles. The van der Waals surface area contributed by atoms with E-state index < -0.39 is 0 Å². The van der Waals surface area contributed by atoms with E-state index >= 15 is 0 Å². The van der Waals surface area contributed by atoms with E-state index in [4.69, 9.17) is 4.74 Å². The van der Waals surface area contributed by atoms with Crippen LogP contribution in [0.4, 0.5) is 0 Å². The highest BCUT2D eigenvalue weighted by atomic mass is 16.5. The van der Waals surface area contributed by atoms with E-state index in [9.17, 15) is 4.79 Å². The number of carbonyl (C=O) groups is 1. The average molecular weight is 200 g/mol. The molecule has 0 radical (unpaired) electrons. The Balaban J connectivity index is 2.40. The zero-order valence-electron chi connectivity index (χ0n) is 9.30. The normalized spacial score (nSPS) is 20.9. The van der Waals surface area contributed by atoms with Crippen LogP contribution < -0.4 is 5.32 Å². The Kier molecular flexibility index (Phi) is 3.89. The van der Waals surface area contributed by atoms with Crippen molar-refractivity contribution >= 4 is 5.91 Å². The third kappa shape index (κ3) is 3.27. The molecule has 0 spiro atoms. The van der Waals surface area contributed by atoms with Gasteiger partial charge in [-0.2, -0.15) is 0 Å². The summed E-state index contributed by atoms with van der Waals surface area (Å²) in [5.74, 6) is 0.218. The van der Waals surface area contributed by atoms with E-state index in [0.29, 0.717) is 19.6 Å². The predicted octanol–water partition coefficient (Wildman–Crippen LogP) is 0.233. The topological polar surface area (TPSA) is 41.6 Å². The van der Waals surface area contributed by atoms with Gasteiger partial charge in [-0.05, 0) is 20.9 Å². The van der Waals surface area contributed by atoms with Crippen LogP contribution in [0.5, 0.6) is 0 Å². The van der Waals surface area contributed by atoms with Crippen LogP contribution in [0.1, 0.15) is 20.3 Å². The van der Waals surface area contributed by atoms with Crippen molar-refractivity contribution < 1.29 is 9.53 Å². The second kappa shape index (κ2) is 4.75. The van der Waals surface area contributed by atoms with Crippen molar-refractivity contribution in [2.45, 2.75) is 25.9 Å². The summed E-state index contributed by atoms with van der Waals surface area (Å²) >= 11 is 0. The minimum atomic E-state index is -0.187. The third-order valence-electron chi connectivity index (χ3n) is 2.37. The SMILES string of the molecule is CNCCC(=O)N1CCOC(C)(C)C1. The van der Waals surface area contributed by atoms with Crippen molar-refractivity contribution in [3.63, 3.8) is 0 Å². The number of rotatable bonds is 3. The molecule has 4 nitrogen and oxygen atoms in total. The first-order valence-corrected chi connectivity index (χ1v) is 5.11. The summed E-state index contributed by atoms with van der Waals surface area (Å²) in [6.45, 7) is 6.87. The monoisotopic (exact) mass is 200 g/mol. The zero-order valence-corrected chi connectivity index (χ0v) is 9.30. The van der Waals surface area contributed by atoms with Gasteiger partial charge in [0.25, 0.3) is 0 Å². The van der Waals surface area contributed by atoms with Gasteiger partial charge in [-0.15, -0.1) is 0 Å². The van der Waals surface area contributed by atoms with Gasteiger partial charge >= 0.3 is 0 Å². The Labute approximate surface area is 85.6 Å². The maximum atomic E-state index is 11.7. The molecule has 14 heavy (non-hydrogen) atoms. The quantitative estimate of drug-likeness (QED) is 0.709. The van der Waals surface area contributed by atoms with E-state index in [1.807, 2.05) is 25.8 Å². The first kappa shape index (κ1) is 11.5. The second-order valence-electron chi connectivity index (χ2n) is 4.28. The first-order valence-electron chi connectivity index (χ1n) is 5.11. The van der Waals surface area contributed by atoms with Gasteiger partial charge in [0, 0.05) is 26.1 Å². The molecule has 1 aliphatic heterocycles. The molecule has 82 valence electrons. The van der Waals surface area contributed by atoms with Gasteiger partial charge < -0.3 is 15.0 Å². The zero-order chi connectivity index (χ0) is 10.6. The van der Waals surface area contributed by atoms with Crippen LogP contribution in [0.15, 0.2) is 0 Å². The van der Waals surface area contributed by atoms with Crippen LogP contribution in [0, 0.1) is 0 Å². The number of nitrogens with zero attached hydrogens (tertiary/aromatic N) is 1. The number of hydrogen-bond donors (Lipinski definition) is 1. The molecule has 1 heterocycles. The van der Waals surface area contributed by atoms with Crippen LogP contribution in [0.25, 0.3) is 0 Å². The van der Waals surface area contributed by atoms with E-state index in [-0.39, 0.29) is 11.5 Å². The lowest BCUT2D eigenvalue weighted by molar-refractivity contribution is -0.145. The molecule has 0 atom stereocenters. The molecule has 1 N–H and O–H groups in total. The molecule has 1 aliphatic rings.